The molecule has 0 aliphatic heterocycles. The van der Waals surface area contributed by atoms with Gasteiger partial charge >= 0.3 is 11.9 Å². The zero-order valence-electron chi connectivity index (χ0n) is 28.3. The van der Waals surface area contributed by atoms with E-state index < -0.39 is 11.9 Å². The van der Waals surface area contributed by atoms with Crippen LogP contribution in [0, 0.1) is 0 Å². The van der Waals surface area contributed by atoms with Crippen molar-refractivity contribution in [1.29, 1.82) is 0 Å². The lowest BCUT2D eigenvalue weighted by atomic mass is 10.1. The molecule has 0 N–H and O–H groups in total. The van der Waals surface area contributed by atoms with E-state index in [-0.39, 0.29) is 0 Å². The molecule has 0 atom stereocenters. The van der Waals surface area contributed by atoms with Crippen LogP contribution in [-0.2, 0) is 19.1 Å². The van der Waals surface area contributed by atoms with Gasteiger partial charge in [-0.2, -0.15) is 0 Å². The highest BCUT2D eigenvalue weighted by Crippen LogP contribution is 2.39. The maximum Gasteiger partial charge on any atom is 0.330 e. The molecular formula is C34H48N2O10. The predicted molar refractivity (Wildman–Crippen MR) is 176 cm³/mol. The Morgan fingerprint density at radius 3 is 1.15 bits per heavy atom. The van der Waals surface area contributed by atoms with Crippen LogP contribution in [0.3, 0.4) is 0 Å². The van der Waals surface area contributed by atoms with Gasteiger partial charge in [0.25, 0.3) is 0 Å². The summed E-state index contributed by atoms with van der Waals surface area (Å²) in [4.78, 5) is 28.7. The molecule has 0 aromatic heterocycles. The third-order valence-electron chi connectivity index (χ3n) is 6.92. The van der Waals surface area contributed by atoms with Crippen molar-refractivity contribution in [3.63, 3.8) is 0 Å². The largest absolute Gasteiger partial charge is 0.493 e. The Balaban J connectivity index is 1.62. The molecule has 2 aromatic carbocycles. The monoisotopic (exact) mass is 644 g/mol. The third kappa shape index (κ3) is 12.5. The van der Waals surface area contributed by atoms with Gasteiger partial charge in [0.1, 0.15) is 0 Å². The lowest BCUT2D eigenvalue weighted by molar-refractivity contribution is -0.138. The van der Waals surface area contributed by atoms with Crippen molar-refractivity contribution in [2.75, 3.05) is 96.1 Å². The Labute approximate surface area is 272 Å². The third-order valence-corrected chi connectivity index (χ3v) is 6.92. The Morgan fingerprint density at radius 1 is 0.543 bits per heavy atom. The summed E-state index contributed by atoms with van der Waals surface area (Å²) in [6.45, 7) is 3.91. The highest BCUT2D eigenvalue weighted by molar-refractivity contribution is 5.88. The first-order valence-corrected chi connectivity index (χ1v) is 14.9. The maximum atomic E-state index is 12.2. The highest BCUT2D eigenvalue weighted by atomic mass is 16.5. The van der Waals surface area contributed by atoms with Crippen LogP contribution in [0.5, 0.6) is 34.5 Å². The summed E-state index contributed by atoms with van der Waals surface area (Å²) in [6, 6.07) is 7.01. The highest BCUT2D eigenvalue weighted by Gasteiger charge is 2.14. The van der Waals surface area contributed by atoms with Crippen molar-refractivity contribution < 1.29 is 47.5 Å². The molecule has 12 nitrogen and oxygen atoms in total. The van der Waals surface area contributed by atoms with Gasteiger partial charge in [-0.15, -0.1) is 0 Å². The quantitative estimate of drug-likeness (QED) is 0.110. The minimum atomic E-state index is -0.423. The fourth-order valence-corrected chi connectivity index (χ4v) is 4.40. The molecule has 0 fully saturated rings. The number of carbonyl (C=O) groups is 2. The minimum absolute atomic E-state index is 0.317. The second-order valence-corrected chi connectivity index (χ2v) is 10.2. The van der Waals surface area contributed by atoms with Crippen LogP contribution in [0.15, 0.2) is 36.4 Å². The van der Waals surface area contributed by atoms with Gasteiger partial charge in [0.2, 0.25) is 11.5 Å². The molecule has 0 amide bonds. The number of methoxy groups -OCH3 is 6. The van der Waals surface area contributed by atoms with Crippen molar-refractivity contribution >= 4 is 24.1 Å². The standard InChI is InChI=1S/C34H48N2O10/c1-35(15-9-19-45-31(37)13-11-25-21-27(39-3)33(43-7)28(22-25)40-4)17-18-36(2)16-10-20-46-32(38)14-12-26-23-29(41-5)34(44-8)30(24-26)42-6/h11-14,21-24H,9-10,15-20H2,1-8H3/b13-11+,14-12+. The van der Waals surface area contributed by atoms with Gasteiger partial charge in [-0.3, -0.25) is 0 Å². The lowest BCUT2D eigenvalue weighted by Gasteiger charge is -2.21. The second-order valence-electron chi connectivity index (χ2n) is 10.2. The SMILES string of the molecule is COc1cc(/C=C/C(=O)OCCCN(C)CCN(C)CCCOC(=O)/C=C/c2cc(OC)c(OC)c(OC)c2)cc(OC)c1OC. The Kier molecular flexibility index (Phi) is 16.9. The molecule has 2 rings (SSSR count). The molecule has 0 aliphatic rings. The fourth-order valence-electron chi connectivity index (χ4n) is 4.40. The average molecular weight is 645 g/mol. The first-order valence-electron chi connectivity index (χ1n) is 14.9. The molecule has 254 valence electrons. The molecule has 0 heterocycles. The van der Waals surface area contributed by atoms with E-state index in [1.54, 1.807) is 36.4 Å². The van der Waals surface area contributed by atoms with Crippen LogP contribution in [-0.4, -0.2) is 118 Å². The number of esters is 2. The van der Waals surface area contributed by atoms with Gasteiger partial charge in [-0.25, -0.2) is 9.59 Å². The van der Waals surface area contributed by atoms with E-state index in [9.17, 15) is 9.59 Å². The van der Waals surface area contributed by atoms with Crippen LogP contribution >= 0.6 is 0 Å². The average Bonchev–Trinajstić information content (AvgIpc) is 3.07. The Hall–Kier alpha value is -4.42. The number of ether oxygens (including phenoxy) is 8. The van der Waals surface area contributed by atoms with Crippen molar-refractivity contribution in [1.82, 2.24) is 9.80 Å². The first kappa shape index (κ1) is 37.8. The molecule has 2 aromatic rings. The van der Waals surface area contributed by atoms with Crippen molar-refractivity contribution in [3.05, 3.63) is 47.5 Å². The molecule has 0 saturated heterocycles. The fraction of sp³-hybridized carbons (Fsp3) is 0.471. The summed E-state index contributed by atoms with van der Waals surface area (Å²) in [6.07, 6.45) is 7.47. The zero-order valence-corrected chi connectivity index (χ0v) is 28.3. The molecule has 12 heteroatoms. The normalized spacial score (nSPS) is 11.3. The number of likely N-dealkylation sites (N-methyl/N-ethyl adjacent to an activating group) is 2. The van der Waals surface area contributed by atoms with Crippen LogP contribution < -0.4 is 28.4 Å². The Bertz CT molecular complexity index is 1160. The molecule has 0 unspecified atom stereocenters. The van der Waals surface area contributed by atoms with Crippen LogP contribution in [0.25, 0.3) is 12.2 Å². The molecule has 0 aliphatic carbocycles. The van der Waals surface area contributed by atoms with Gasteiger partial charge in [0.05, 0.1) is 55.9 Å². The lowest BCUT2D eigenvalue weighted by Crippen LogP contribution is -2.32. The van der Waals surface area contributed by atoms with Crippen LogP contribution in [0.1, 0.15) is 24.0 Å². The molecule has 0 saturated carbocycles. The predicted octanol–water partition coefficient (Wildman–Crippen LogP) is 4.20. The van der Waals surface area contributed by atoms with Crippen molar-refractivity contribution in [2.24, 2.45) is 0 Å². The van der Waals surface area contributed by atoms with Gasteiger partial charge in [-0.1, -0.05) is 0 Å². The first-order chi connectivity index (χ1) is 22.2. The van der Waals surface area contributed by atoms with E-state index >= 15 is 0 Å². The summed E-state index contributed by atoms with van der Waals surface area (Å²) in [5.41, 5.74) is 1.44. The number of rotatable bonds is 21. The Morgan fingerprint density at radius 2 is 0.870 bits per heavy atom. The molecule has 46 heavy (non-hydrogen) atoms. The number of nitrogens with zero attached hydrogens (tertiary/aromatic N) is 2. The van der Waals surface area contributed by atoms with Crippen LogP contribution in [0.2, 0.25) is 0 Å². The number of hydrogen-bond acceptors (Lipinski definition) is 12. The smallest absolute Gasteiger partial charge is 0.330 e. The maximum absolute atomic E-state index is 12.2. The summed E-state index contributed by atoms with van der Waals surface area (Å²) in [7, 11) is 13.3. The summed E-state index contributed by atoms with van der Waals surface area (Å²) >= 11 is 0. The van der Waals surface area contributed by atoms with E-state index in [0.29, 0.717) is 60.6 Å². The van der Waals surface area contributed by atoms with Gasteiger partial charge in [-0.05, 0) is 74.5 Å². The summed E-state index contributed by atoms with van der Waals surface area (Å²) in [5.74, 6) is 2.15. The van der Waals surface area contributed by atoms with Gasteiger partial charge < -0.3 is 47.7 Å². The second kappa shape index (κ2) is 20.6. The van der Waals surface area contributed by atoms with Gasteiger partial charge in [0, 0.05) is 38.3 Å². The zero-order chi connectivity index (χ0) is 33.9. The molecule has 0 bridgehead atoms. The summed E-state index contributed by atoms with van der Waals surface area (Å²) in [5, 5.41) is 0. The summed E-state index contributed by atoms with van der Waals surface area (Å²) < 4.78 is 42.7. The van der Waals surface area contributed by atoms with E-state index in [1.807, 2.05) is 14.1 Å². The van der Waals surface area contributed by atoms with E-state index in [2.05, 4.69) is 9.80 Å². The van der Waals surface area contributed by atoms with E-state index in [1.165, 1.54) is 54.8 Å². The van der Waals surface area contributed by atoms with Crippen LogP contribution in [0.4, 0.5) is 0 Å². The van der Waals surface area contributed by atoms with E-state index in [4.69, 9.17) is 37.9 Å². The van der Waals surface area contributed by atoms with Crippen molar-refractivity contribution in [3.8, 4) is 34.5 Å². The topological polar surface area (TPSA) is 114 Å². The van der Waals surface area contributed by atoms with Crippen molar-refractivity contribution in [2.45, 2.75) is 12.8 Å². The van der Waals surface area contributed by atoms with E-state index in [0.717, 1.165) is 37.3 Å². The molecule has 0 radical (unpaired) electrons. The minimum Gasteiger partial charge on any atom is -0.493 e. The van der Waals surface area contributed by atoms with Gasteiger partial charge in [0.15, 0.2) is 23.0 Å². The number of carbonyl (C=O) groups excluding carboxylic acids is 2. The number of benzene rings is 2. The molecule has 0 spiro atoms. The molecular weight excluding hydrogens is 596 g/mol. The number of hydrogen-bond donors (Lipinski definition) is 0.